The van der Waals surface area contributed by atoms with Gasteiger partial charge in [0.1, 0.15) is 11.0 Å². The molecule has 4 rings (SSSR count). The van der Waals surface area contributed by atoms with Crippen molar-refractivity contribution in [2.45, 2.75) is 64.2 Å². The standard InChI is InChI=1S/C16H22N4S2/c21-15-17-13(11-7-3-1-4-8-11)19-16(22)18-14(20(15)19)12-9-5-2-6-10-12/h1-10H2,(H,17,21)(H,18,22). The average molecular weight is 335 g/mol. The highest BCUT2D eigenvalue weighted by Crippen LogP contribution is 2.23. The van der Waals surface area contributed by atoms with Gasteiger partial charge in [-0.25, -0.2) is 9.35 Å². The largest absolute Gasteiger partial charge is 0.315 e. The van der Waals surface area contributed by atoms with Crippen LogP contribution in [0.2, 0.25) is 0 Å². The SMILES string of the molecule is S=c1[nH]c(=C2CCCCC2)n2c(=S)[nH]c(=C3CCCCC3)n1-2. The van der Waals surface area contributed by atoms with Crippen LogP contribution in [0.5, 0.6) is 0 Å². The highest BCUT2D eigenvalue weighted by atomic mass is 32.1. The van der Waals surface area contributed by atoms with Crippen molar-refractivity contribution in [3.63, 3.8) is 0 Å². The molecule has 2 aliphatic heterocycles. The smallest absolute Gasteiger partial charge is 0.200 e. The minimum absolute atomic E-state index is 0.758. The summed E-state index contributed by atoms with van der Waals surface area (Å²) in [6.45, 7) is 0. The van der Waals surface area contributed by atoms with Crippen LogP contribution >= 0.6 is 24.4 Å². The van der Waals surface area contributed by atoms with Gasteiger partial charge in [-0.2, -0.15) is 0 Å². The lowest BCUT2D eigenvalue weighted by Gasteiger charge is -2.13. The molecule has 0 atom stereocenters. The number of nitrogens with one attached hydrogen (secondary N) is 2. The predicted octanol–water partition coefficient (Wildman–Crippen LogP) is 3.38. The van der Waals surface area contributed by atoms with Crippen molar-refractivity contribution in [1.29, 1.82) is 0 Å². The van der Waals surface area contributed by atoms with Crippen LogP contribution in [-0.4, -0.2) is 19.3 Å². The number of aromatic nitrogens is 4. The summed E-state index contributed by atoms with van der Waals surface area (Å²) in [6.07, 6.45) is 12.4. The number of aromatic amines is 2. The number of hydrogen-bond donors (Lipinski definition) is 2. The molecule has 4 nitrogen and oxygen atoms in total. The van der Waals surface area contributed by atoms with Gasteiger partial charge in [0, 0.05) is 0 Å². The van der Waals surface area contributed by atoms with E-state index < -0.39 is 0 Å². The van der Waals surface area contributed by atoms with Crippen molar-refractivity contribution in [3.8, 4) is 0 Å². The van der Waals surface area contributed by atoms with E-state index >= 15 is 0 Å². The highest BCUT2D eigenvalue weighted by Gasteiger charge is 2.17. The van der Waals surface area contributed by atoms with E-state index in [1.54, 1.807) is 0 Å². The second-order valence-corrected chi connectivity index (χ2v) is 7.28. The van der Waals surface area contributed by atoms with E-state index in [0.29, 0.717) is 0 Å². The summed E-state index contributed by atoms with van der Waals surface area (Å²) >= 11 is 11.2. The Morgan fingerprint density at radius 2 is 0.955 bits per heavy atom. The molecule has 4 aliphatic rings. The van der Waals surface area contributed by atoms with Crippen LogP contribution in [0.1, 0.15) is 64.2 Å². The normalized spacial score (nSPS) is 20.0. The van der Waals surface area contributed by atoms with Gasteiger partial charge in [0.05, 0.1) is 0 Å². The van der Waals surface area contributed by atoms with Crippen LogP contribution in [0.4, 0.5) is 0 Å². The molecule has 0 spiro atoms. The van der Waals surface area contributed by atoms with Gasteiger partial charge in [-0.3, -0.25) is 0 Å². The van der Waals surface area contributed by atoms with Gasteiger partial charge in [0.25, 0.3) is 0 Å². The zero-order valence-electron chi connectivity index (χ0n) is 12.8. The summed E-state index contributed by atoms with van der Waals surface area (Å²) in [5.41, 5.74) is 5.17. The molecule has 0 radical (unpaired) electrons. The van der Waals surface area contributed by atoms with Gasteiger partial charge in [-0.05, 0) is 86.9 Å². The Labute approximate surface area is 139 Å². The van der Waals surface area contributed by atoms with Crippen molar-refractivity contribution in [3.05, 3.63) is 20.5 Å². The predicted molar refractivity (Wildman–Crippen MR) is 93.5 cm³/mol. The van der Waals surface area contributed by atoms with Crippen LogP contribution < -0.4 is 11.0 Å². The van der Waals surface area contributed by atoms with E-state index in [9.17, 15) is 0 Å². The molecule has 0 amide bonds. The summed E-state index contributed by atoms with van der Waals surface area (Å²) < 4.78 is 5.70. The molecular weight excluding hydrogens is 312 g/mol. The first kappa shape index (κ1) is 14.5. The molecule has 118 valence electrons. The zero-order valence-corrected chi connectivity index (χ0v) is 14.4. The summed E-state index contributed by atoms with van der Waals surface area (Å²) in [7, 11) is 0. The molecular formula is C16H22N4S2. The highest BCUT2D eigenvalue weighted by molar-refractivity contribution is 7.71. The first-order valence-corrected chi connectivity index (χ1v) is 9.23. The Morgan fingerprint density at radius 1 is 0.591 bits per heavy atom. The van der Waals surface area contributed by atoms with Gasteiger partial charge in [-0.15, -0.1) is 0 Å². The van der Waals surface area contributed by atoms with E-state index in [2.05, 4.69) is 19.3 Å². The van der Waals surface area contributed by atoms with Gasteiger partial charge >= 0.3 is 0 Å². The molecule has 2 aliphatic carbocycles. The second-order valence-electron chi connectivity index (χ2n) is 6.51. The third-order valence-electron chi connectivity index (χ3n) is 5.04. The Hall–Kier alpha value is -1.14. The Balaban J connectivity index is 1.99. The maximum atomic E-state index is 5.61. The van der Waals surface area contributed by atoms with Crippen molar-refractivity contribution in [1.82, 2.24) is 19.3 Å². The zero-order chi connectivity index (χ0) is 15.1. The first-order valence-electron chi connectivity index (χ1n) is 8.42. The minimum atomic E-state index is 0.758. The number of nitrogens with zero attached hydrogens (tertiary/aromatic N) is 2. The molecule has 2 fully saturated rings. The quantitative estimate of drug-likeness (QED) is 0.725. The van der Waals surface area contributed by atoms with E-state index in [0.717, 1.165) is 46.2 Å². The number of hydrogen-bond acceptors (Lipinski definition) is 2. The number of H-pyrrole nitrogens is 2. The molecule has 0 saturated heterocycles. The van der Waals surface area contributed by atoms with Gasteiger partial charge in [0.15, 0.2) is 9.54 Å². The average Bonchev–Trinajstić information content (AvgIpc) is 3.09. The number of fused-ring (bicyclic) bond motifs is 1. The molecule has 0 aromatic rings. The molecule has 22 heavy (non-hydrogen) atoms. The Bertz CT molecular complexity index is 801. The lowest BCUT2D eigenvalue weighted by Crippen LogP contribution is -2.29. The molecule has 2 heterocycles. The Morgan fingerprint density at radius 3 is 1.32 bits per heavy atom. The topological polar surface area (TPSA) is 41.4 Å². The third kappa shape index (κ3) is 2.33. The minimum Gasteiger partial charge on any atom is -0.315 e. The van der Waals surface area contributed by atoms with Crippen LogP contribution in [-0.2, 0) is 0 Å². The fourth-order valence-electron chi connectivity index (χ4n) is 3.91. The maximum absolute atomic E-state index is 5.61. The second kappa shape index (κ2) is 5.81. The van der Waals surface area contributed by atoms with Crippen LogP contribution in [0.3, 0.4) is 0 Å². The van der Waals surface area contributed by atoms with E-state index in [1.165, 1.54) is 49.7 Å². The summed E-state index contributed by atoms with van der Waals surface area (Å²) in [5, 5.41) is 0. The maximum Gasteiger partial charge on any atom is 0.200 e. The van der Waals surface area contributed by atoms with E-state index in [1.807, 2.05) is 0 Å². The molecule has 0 unspecified atom stereocenters. The first-order chi connectivity index (χ1) is 10.8. The van der Waals surface area contributed by atoms with Crippen molar-refractivity contribution < 1.29 is 0 Å². The lowest BCUT2D eigenvalue weighted by molar-refractivity contribution is 0.604. The van der Waals surface area contributed by atoms with E-state index in [4.69, 9.17) is 24.4 Å². The molecule has 2 N–H and O–H groups in total. The summed E-state index contributed by atoms with van der Waals surface area (Å²) in [5.74, 6) is 0. The Kier molecular flexibility index (Phi) is 3.82. The summed E-state index contributed by atoms with van der Waals surface area (Å²) in [6, 6.07) is 0. The van der Waals surface area contributed by atoms with Gasteiger partial charge in [-0.1, -0.05) is 12.8 Å². The van der Waals surface area contributed by atoms with E-state index in [-0.39, 0.29) is 0 Å². The monoisotopic (exact) mass is 334 g/mol. The fraction of sp³-hybridized carbons (Fsp3) is 0.625. The number of rotatable bonds is 0. The third-order valence-corrected chi connectivity index (χ3v) is 5.59. The van der Waals surface area contributed by atoms with Crippen molar-refractivity contribution in [2.75, 3.05) is 0 Å². The van der Waals surface area contributed by atoms with Crippen LogP contribution in [0.25, 0.3) is 11.1 Å². The van der Waals surface area contributed by atoms with Crippen LogP contribution in [0.15, 0.2) is 0 Å². The van der Waals surface area contributed by atoms with Crippen molar-refractivity contribution in [2.24, 2.45) is 0 Å². The van der Waals surface area contributed by atoms with Crippen molar-refractivity contribution >= 4 is 35.6 Å². The summed E-state index contributed by atoms with van der Waals surface area (Å²) in [4.78, 5) is 6.85. The van der Waals surface area contributed by atoms with Gasteiger partial charge in [0.2, 0.25) is 0 Å². The molecule has 6 heteroatoms. The van der Waals surface area contributed by atoms with Gasteiger partial charge < -0.3 is 9.97 Å². The molecule has 2 saturated carbocycles. The molecule has 0 aromatic carbocycles. The molecule has 0 bridgehead atoms. The lowest BCUT2D eigenvalue weighted by atomic mass is 9.95. The fourth-order valence-corrected chi connectivity index (χ4v) is 4.45. The van der Waals surface area contributed by atoms with Crippen LogP contribution in [0, 0.1) is 9.54 Å². The molecule has 0 aromatic heterocycles.